The van der Waals surface area contributed by atoms with Crippen molar-refractivity contribution in [2.45, 2.75) is 57.0 Å². The van der Waals surface area contributed by atoms with Gasteiger partial charge in [-0.1, -0.05) is 17.7 Å². The van der Waals surface area contributed by atoms with Gasteiger partial charge in [-0.15, -0.1) is 0 Å². The Balaban J connectivity index is 0.724. The lowest BCUT2D eigenvalue weighted by atomic mass is 9.90. The molecule has 4 fully saturated rings. The molecule has 0 bridgehead atoms. The average molecular weight is 760 g/mol. The number of nitrogens with zero attached hydrogens (tertiary/aromatic N) is 7. The van der Waals surface area contributed by atoms with E-state index in [-0.39, 0.29) is 24.1 Å². The third kappa shape index (κ3) is 6.89. The van der Waals surface area contributed by atoms with Gasteiger partial charge < -0.3 is 24.6 Å². The number of pyridine rings is 1. The van der Waals surface area contributed by atoms with Crippen molar-refractivity contribution in [1.82, 2.24) is 25.1 Å². The average Bonchev–Trinajstić information content (AvgIpc) is 3.80. The Hall–Kier alpha value is -5.12. The van der Waals surface area contributed by atoms with E-state index >= 15 is 0 Å². The van der Waals surface area contributed by atoms with Crippen molar-refractivity contribution >= 4 is 57.4 Å². The van der Waals surface area contributed by atoms with Crippen molar-refractivity contribution in [2.75, 3.05) is 73.6 Å². The topological polar surface area (TPSA) is 132 Å². The minimum atomic E-state index is -0.589. The highest BCUT2D eigenvalue weighted by atomic mass is 35.5. The summed E-state index contributed by atoms with van der Waals surface area (Å²) in [5.74, 6) is 1.46. The fraction of sp³-hybridized carbons (Fsp3) is 0.452. The van der Waals surface area contributed by atoms with E-state index in [1.165, 1.54) is 18.4 Å². The number of piperidine rings is 3. The number of benzene rings is 2. The van der Waals surface area contributed by atoms with Gasteiger partial charge in [0, 0.05) is 101 Å². The predicted octanol–water partition coefficient (Wildman–Crippen LogP) is 5.27. The first-order chi connectivity index (χ1) is 26.8. The van der Waals surface area contributed by atoms with E-state index in [0.29, 0.717) is 41.0 Å². The summed E-state index contributed by atoms with van der Waals surface area (Å²) in [5, 5.41) is 13.3. The molecule has 1 atom stereocenters. The van der Waals surface area contributed by atoms with Crippen LogP contribution in [0.3, 0.4) is 0 Å². The van der Waals surface area contributed by atoms with Crippen molar-refractivity contribution in [2.24, 2.45) is 5.92 Å². The number of carbonyl (C=O) groups excluding carboxylic acids is 3. The lowest BCUT2D eigenvalue weighted by Crippen LogP contribution is -2.52. The van der Waals surface area contributed by atoms with Crippen molar-refractivity contribution in [3.63, 3.8) is 0 Å². The summed E-state index contributed by atoms with van der Waals surface area (Å²) in [6.07, 6.45) is 8.92. The molecule has 284 valence electrons. The molecule has 0 aliphatic carbocycles. The van der Waals surface area contributed by atoms with Crippen molar-refractivity contribution in [3.8, 4) is 6.07 Å². The molecule has 2 aromatic carbocycles. The molecule has 2 aromatic heterocycles. The minimum absolute atomic E-state index is 0.126. The summed E-state index contributed by atoms with van der Waals surface area (Å²) < 4.78 is 0. The molecule has 9 rings (SSSR count). The van der Waals surface area contributed by atoms with Crippen LogP contribution in [-0.2, 0) is 16.1 Å². The first kappa shape index (κ1) is 35.6. The number of fused-ring (bicyclic) bond motifs is 2. The maximum atomic E-state index is 13.1. The van der Waals surface area contributed by atoms with Gasteiger partial charge in [0.1, 0.15) is 17.9 Å². The molecule has 0 saturated carbocycles. The lowest BCUT2D eigenvalue weighted by molar-refractivity contribution is -0.136. The van der Waals surface area contributed by atoms with Crippen molar-refractivity contribution in [1.29, 1.82) is 5.26 Å². The molecule has 0 spiro atoms. The van der Waals surface area contributed by atoms with E-state index in [1.54, 1.807) is 11.1 Å². The molecule has 1 unspecified atom stereocenters. The number of aromatic amines is 1. The molecular formula is C42H46ClN9O3. The van der Waals surface area contributed by atoms with E-state index < -0.39 is 6.04 Å². The van der Waals surface area contributed by atoms with Crippen LogP contribution in [0.4, 0.5) is 17.2 Å². The number of nitrogens with one attached hydrogen (secondary N) is 2. The van der Waals surface area contributed by atoms with Gasteiger partial charge in [-0.25, -0.2) is 4.98 Å². The molecule has 5 aliphatic rings. The Kier molecular flexibility index (Phi) is 9.60. The molecule has 4 aromatic rings. The molecule has 4 saturated heterocycles. The molecule has 55 heavy (non-hydrogen) atoms. The van der Waals surface area contributed by atoms with Crippen molar-refractivity contribution < 1.29 is 14.4 Å². The van der Waals surface area contributed by atoms with Crippen LogP contribution >= 0.6 is 11.6 Å². The summed E-state index contributed by atoms with van der Waals surface area (Å²) in [5.41, 5.74) is 6.68. The number of piperazine rings is 1. The van der Waals surface area contributed by atoms with Crippen molar-refractivity contribution in [3.05, 3.63) is 82.1 Å². The minimum Gasteiger partial charge on any atom is -0.370 e. The van der Waals surface area contributed by atoms with Crippen LogP contribution in [0, 0.1) is 17.2 Å². The van der Waals surface area contributed by atoms with Crippen LogP contribution in [0.15, 0.2) is 54.9 Å². The highest BCUT2D eigenvalue weighted by Crippen LogP contribution is 2.38. The second-order valence-electron chi connectivity index (χ2n) is 15.8. The summed E-state index contributed by atoms with van der Waals surface area (Å²) in [6, 6.07) is 16.2. The number of carbonyl (C=O) groups is 3. The number of anilines is 3. The Morgan fingerprint density at radius 1 is 0.855 bits per heavy atom. The zero-order valence-corrected chi connectivity index (χ0v) is 31.7. The summed E-state index contributed by atoms with van der Waals surface area (Å²) in [6.45, 7) is 9.38. The number of amides is 3. The number of nitriles is 1. The number of imide groups is 1. The zero-order chi connectivity index (χ0) is 37.6. The van der Waals surface area contributed by atoms with Gasteiger partial charge in [-0.2, -0.15) is 5.26 Å². The van der Waals surface area contributed by atoms with Crippen LogP contribution in [0.5, 0.6) is 0 Å². The second-order valence-corrected chi connectivity index (χ2v) is 16.2. The Morgan fingerprint density at radius 3 is 2.36 bits per heavy atom. The fourth-order valence-electron chi connectivity index (χ4n) is 9.48. The summed E-state index contributed by atoms with van der Waals surface area (Å²) >= 11 is 6.45. The SMILES string of the molecule is N#Cc1c[nH]c2c(N3CCC(c4ccc(N5CCC(CN6CCN(c7ccc8c(c7)CN(C7CCC(=O)NC7=O)C8=O)CC6)CC5)nc4)CC3)ccc(Cl)c12. The molecule has 3 amide bonds. The van der Waals surface area contributed by atoms with Crippen LogP contribution in [0.2, 0.25) is 5.02 Å². The standard InChI is InChI=1S/C42H46ClN9O3/c43-34-4-5-35(40-39(34)31(22-44)24-46-40)50-15-11-28(12-16-50)29-1-7-37(45-23-29)51-13-9-27(10-14-51)25-48-17-19-49(20-18-48)32-2-3-33-30(21-32)26-52(42(33)55)36-6-8-38(53)47-41(36)54/h1-5,7,21,23-24,27-28,36,46H,6,8-20,25-26H2,(H,47,53,54). The number of hydrogen-bond donors (Lipinski definition) is 2. The smallest absolute Gasteiger partial charge is 0.255 e. The van der Waals surface area contributed by atoms with Crippen LogP contribution in [0.1, 0.15) is 71.5 Å². The van der Waals surface area contributed by atoms with E-state index in [9.17, 15) is 19.6 Å². The Bertz CT molecular complexity index is 2160. The van der Waals surface area contributed by atoms with Gasteiger partial charge in [0.25, 0.3) is 5.91 Å². The fourth-order valence-corrected chi connectivity index (χ4v) is 9.74. The molecule has 12 nitrogen and oxygen atoms in total. The molecule has 5 aliphatic heterocycles. The van der Waals surface area contributed by atoms with Gasteiger partial charge in [0.05, 0.1) is 21.8 Å². The maximum Gasteiger partial charge on any atom is 0.255 e. The summed E-state index contributed by atoms with van der Waals surface area (Å²) in [7, 11) is 0. The van der Waals surface area contributed by atoms with Gasteiger partial charge in [0.15, 0.2) is 0 Å². The van der Waals surface area contributed by atoms with Gasteiger partial charge in [0.2, 0.25) is 11.8 Å². The molecule has 13 heteroatoms. The maximum absolute atomic E-state index is 13.1. The van der Waals surface area contributed by atoms with E-state index in [1.807, 2.05) is 18.2 Å². The van der Waals surface area contributed by atoms with Crippen LogP contribution in [0.25, 0.3) is 10.9 Å². The highest BCUT2D eigenvalue weighted by Gasteiger charge is 2.39. The first-order valence-corrected chi connectivity index (χ1v) is 20.1. The number of hydrogen-bond acceptors (Lipinski definition) is 9. The van der Waals surface area contributed by atoms with E-state index in [0.717, 1.165) is 105 Å². The number of halogens is 1. The molecule has 7 heterocycles. The van der Waals surface area contributed by atoms with E-state index in [2.05, 4.69) is 66.4 Å². The zero-order valence-electron chi connectivity index (χ0n) is 31.0. The van der Waals surface area contributed by atoms with Gasteiger partial charge >= 0.3 is 0 Å². The summed E-state index contributed by atoms with van der Waals surface area (Å²) in [4.78, 5) is 56.9. The quantitative estimate of drug-likeness (QED) is 0.242. The predicted molar refractivity (Wildman–Crippen MR) is 213 cm³/mol. The van der Waals surface area contributed by atoms with Crippen LogP contribution in [-0.4, -0.2) is 102 Å². The lowest BCUT2D eigenvalue weighted by Gasteiger charge is -2.40. The number of aromatic nitrogens is 2. The number of rotatable bonds is 7. The normalized spacial score (nSPS) is 21.7. The van der Waals surface area contributed by atoms with Gasteiger partial charge in [-0.3, -0.25) is 24.6 Å². The molecular weight excluding hydrogens is 714 g/mol. The molecule has 0 radical (unpaired) electrons. The highest BCUT2D eigenvalue weighted by molar-refractivity contribution is 6.36. The monoisotopic (exact) mass is 759 g/mol. The van der Waals surface area contributed by atoms with Gasteiger partial charge in [-0.05, 0) is 91.5 Å². The molecule has 2 N–H and O–H groups in total. The Morgan fingerprint density at radius 2 is 1.64 bits per heavy atom. The largest absolute Gasteiger partial charge is 0.370 e. The second kappa shape index (κ2) is 14.8. The number of H-pyrrole nitrogens is 1. The van der Waals surface area contributed by atoms with Crippen LogP contribution < -0.4 is 20.0 Å². The first-order valence-electron chi connectivity index (χ1n) is 19.7. The third-order valence-electron chi connectivity index (χ3n) is 12.7. The third-order valence-corrected chi connectivity index (χ3v) is 13.0. The van der Waals surface area contributed by atoms with E-state index in [4.69, 9.17) is 16.6 Å². The Labute approximate surface area is 326 Å².